The van der Waals surface area contributed by atoms with Crippen LogP contribution < -0.4 is 15.0 Å². The summed E-state index contributed by atoms with van der Waals surface area (Å²) < 4.78 is 5.78. The van der Waals surface area contributed by atoms with Crippen LogP contribution in [0.3, 0.4) is 0 Å². The Balaban J connectivity index is 1.85. The van der Waals surface area contributed by atoms with E-state index in [4.69, 9.17) is 4.74 Å². The molecular weight excluding hydrogens is 324 g/mol. The van der Waals surface area contributed by atoms with Gasteiger partial charge in [-0.05, 0) is 37.6 Å². The van der Waals surface area contributed by atoms with Gasteiger partial charge in [0.15, 0.2) is 0 Å². The molecule has 0 unspecified atom stereocenters. The number of likely N-dealkylation sites (N-methyl/N-ethyl adjacent to an activating group) is 1. The van der Waals surface area contributed by atoms with Gasteiger partial charge in [0.2, 0.25) is 5.91 Å². The molecule has 0 saturated heterocycles. The van der Waals surface area contributed by atoms with Gasteiger partial charge in [0.25, 0.3) is 0 Å². The first-order chi connectivity index (χ1) is 12.7. The Bertz CT molecular complexity index is 658. The van der Waals surface area contributed by atoms with Crippen molar-refractivity contribution in [3.05, 3.63) is 54.6 Å². The zero-order valence-electron chi connectivity index (χ0n) is 15.9. The van der Waals surface area contributed by atoms with Crippen LogP contribution in [-0.2, 0) is 4.79 Å². The lowest BCUT2D eigenvalue weighted by atomic mass is 10.2. The minimum Gasteiger partial charge on any atom is -0.494 e. The molecule has 0 heterocycles. The minimum absolute atomic E-state index is 0.0317. The molecule has 2 aromatic carbocycles. The molecule has 1 N–H and O–H groups in total. The lowest BCUT2D eigenvalue weighted by Gasteiger charge is -2.22. The summed E-state index contributed by atoms with van der Waals surface area (Å²) in [6.07, 6.45) is 4.72. The molecule has 0 aliphatic rings. The topological polar surface area (TPSA) is 41.6 Å². The van der Waals surface area contributed by atoms with Crippen molar-refractivity contribution < 1.29 is 9.53 Å². The lowest BCUT2D eigenvalue weighted by molar-refractivity contribution is -0.115. The molecule has 2 aromatic rings. The third-order valence-electron chi connectivity index (χ3n) is 4.22. The van der Waals surface area contributed by atoms with E-state index in [9.17, 15) is 4.79 Å². The molecule has 0 aromatic heterocycles. The fraction of sp³-hybridized carbons (Fsp3) is 0.409. The third kappa shape index (κ3) is 6.79. The Hall–Kier alpha value is -2.49. The second-order valence-corrected chi connectivity index (χ2v) is 6.33. The van der Waals surface area contributed by atoms with Crippen LogP contribution in [0.2, 0.25) is 0 Å². The van der Waals surface area contributed by atoms with Gasteiger partial charge in [0, 0.05) is 24.0 Å². The molecule has 2 rings (SSSR count). The first-order valence-corrected chi connectivity index (χ1v) is 9.55. The van der Waals surface area contributed by atoms with E-state index in [0.29, 0.717) is 6.54 Å². The van der Waals surface area contributed by atoms with Crippen molar-refractivity contribution in [1.82, 2.24) is 0 Å². The van der Waals surface area contributed by atoms with E-state index in [2.05, 4.69) is 12.2 Å². The van der Waals surface area contributed by atoms with Gasteiger partial charge in [0.05, 0.1) is 13.2 Å². The number of carbonyl (C=O) groups excluding carboxylic acids is 1. The molecule has 26 heavy (non-hydrogen) atoms. The van der Waals surface area contributed by atoms with Crippen LogP contribution in [0, 0.1) is 0 Å². The van der Waals surface area contributed by atoms with Gasteiger partial charge in [-0.15, -0.1) is 0 Å². The maximum absolute atomic E-state index is 12.4. The van der Waals surface area contributed by atoms with Crippen LogP contribution in [0.5, 0.6) is 5.75 Å². The Morgan fingerprint density at radius 2 is 1.81 bits per heavy atom. The predicted octanol–water partition coefficient (Wildman–Crippen LogP) is 5.11. The zero-order valence-corrected chi connectivity index (χ0v) is 15.9. The summed E-state index contributed by atoms with van der Waals surface area (Å²) in [5, 5.41) is 2.97. The maximum Gasteiger partial charge on any atom is 0.243 e. The standard InChI is InChI=1S/C22H30N2O2/c1-3-5-6-10-16-26-21-15-11-12-19(17-21)23-22(25)18-24(4-2)20-13-8-7-9-14-20/h7-9,11-15,17H,3-6,10,16,18H2,1-2H3,(H,23,25). The normalized spacial score (nSPS) is 10.4. The van der Waals surface area contributed by atoms with Crippen molar-refractivity contribution in [3.63, 3.8) is 0 Å². The van der Waals surface area contributed by atoms with Crippen LogP contribution in [0.15, 0.2) is 54.6 Å². The zero-order chi connectivity index (χ0) is 18.6. The molecular formula is C22H30N2O2. The first kappa shape index (κ1) is 19.8. The van der Waals surface area contributed by atoms with Gasteiger partial charge in [-0.2, -0.15) is 0 Å². The molecule has 140 valence electrons. The fourth-order valence-electron chi connectivity index (χ4n) is 2.78. The number of nitrogens with zero attached hydrogens (tertiary/aromatic N) is 1. The summed E-state index contributed by atoms with van der Waals surface area (Å²) in [7, 11) is 0. The van der Waals surface area contributed by atoms with Crippen molar-refractivity contribution in [2.45, 2.75) is 39.5 Å². The molecule has 0 radical (unpaired) electrons. The number of hydrogen-bond acceptors (Lipinski definition) is 3. The molecule has 0 aliphatic heterocycles. The molecule has 0 bridgehead atoms. The molecule has 1 amide bonds. The molecule has 4 heteroatoms. The van der Waals surface area contributed by atoms with Crippen molar-refractivity contribution in [3.8, 4) is 5.75 Å². The number of nitrogens with one attached hydrogen (secondary N) is 1. The van der Waals surface area contributed by atoms with Crippen molar-refractivity contribution >= 4 is 17.3 Å². The predicted molar refractivity (Wildman–Crippen MR) is 109 cm³/mol. The van der Waals surface area contributed by atoms with E-state index in [1.165, 1.54) is 19.3 Å². The second kappa shape index (κ2) is 11.2. The van der Waals surface area contributed by atoms with Crippen molar-refractivity contribution in [2.24, 2.45) is 0 Å². The highest BCUT2D eigenvalue weighted by atomic mass is 16.5. The SMILES string of the molecule is CCCCCCOc1cccc(NC(=O)CN(CC)c2ccccc2)c1. The maximum atomic E-state index is 12.4. The quantitative estimate of drug-likeness (QED) is 0.570. The molecule has 0 fully saturated rings. The van der Waals surface area contributed by atoms with Gasteiger partial charge in [0.1, 0.15) is 5.75 Å². The van der Waals surface area contributed by atoms with Gasteiger partial charge in [-0.25, -0.2) is 0 Å². The van der Waals surface area contributed by atoms with E-state index in [-0.39, 0.29) is 5.91 Å². The number of carbonyl (C=O) groups is 1. The average molecular weight is 354 g/mol. The van der Waals surface area contributed by atoms with Crippen LogP contribution in [0.4, 0.5) is 11.4 Å². The van der Waals surface area contributed by atoms with E-state index < -0.39 is 0 Å². The summed E-state index contributed by atoms with van der Waals surface area (Å²) >= 11 is 0. The van der Waals surface area contributed by atoms with Gasteiger partial charge < -0.3 is 15.0 Å². The third-order valence-corrected chi connectivity index (χ3v) is 4.22. The largest absolute Gasteiger partial charge is 0.494 e. The van der Waals surface area contributed by atoms with Crippen LogP contribution in [-0.4, -0.2) is 25.6 Å². The van der Waals surface area contributed by atoms with E-state index in [1.807, 2.05) is 66.4 Å². The average Bonchev–Trinajstić information content (AvgIpc) is 2.67. The number of rotatable bonds is 11. The monoisotopic (exact) mass is 354 g/mol. The Morgan fingerprint density at radius 3 is 2.54 bits per heavy atom. The fourth-order valence-corrected chi connectivity index (χ4v) is 2.78. The number of benzene rings is 2. The number of anilines is 2. The smallest absolute Gasteiger partial charge is 0.243 e. The Labute approximate surface area is 157 Å². The number of para-hydroxylation sites is 1. The highest BCUT2D eigenvalue weighted by molar-refractivity contribution is 5.94. The van der Waals surface area contributed by atoms with E-state index in [1.54, 1.807) is 0 Å². The molecule has 0 atom stereocenters. The summed E-state index contributed by atoms with van der Waals surface area (Å²) in [4.78, 5) is 14.5. The molecule has 0 aliphatic carbocycles. The van der Waals surface area contributed by atoms with Gasteiger partial charge in [-0.1, -0.05) is 50.5 Å². The van der Waals surface area contributed by atoms with Crippen molar-refractivity contribution in [2.75, 3.05) is 29.9 Å². The number of unbranched alkanes of at least 4 members (excludes halogenated alkanes) is 3. The summed E-state index contributed by atoms with van der Waals surface area (Å²) in [6, 6.07) is 17.6. The number of amides is 1. The molecule has 4 nitrogen and oxygen atoms in total. The lowest BCUT2D eigenvalue weighted by Crippen LogP contribution is -2.33. The summed E-state index contributed by atoms with van der Waals surface area (Å²) in [6.45, 7) is 6.06. The first-order valence-electron chi connectivity index (χ1n) is 9.55. The van der Waals surface area contributed by atoms with E-state index >= 15 is 0 Å². The number of hydrogen-bond donors (Lipinski definition) is 1. The highest BCUT2D eigenvalue weighted by Crippen LogP contribution is 2.18. The van der Waals surface area contributed by atoms with Crippen LogP contribution in [0.1, 0.15) is 39.5 Å². The van der Waals surface area contributed by atoms with Crippen LogP contribution in [0.25, 0.3) is 0 Å². The summed E-state index contributed by atoms with van der Waals surface area (Å²) in [5.41, 5.74) is 1.82. The Morgan fingerprint density at radius 1 is 1.00 bits per heavy atom. The second-order valence-electron chi connectivity index (χ2n) is 6.33. The number of ether oxygens (including phenoxy) is 1. The minimum atomic E-state index is -0.0317. The molecule has 0 saturated carbocycles. The Kier molecular flexibility index (Phi) is 8.53. The van der Waals surface area contributed by atoms with Crippen molar-refractivity contribution in [1.29, 1.82) is 0 Å². The van der Waals surface area contributed by atoms with E-state index in [0.717, 1.165) is 36.7 Å². The van der Waals surface area contributed by atoms with Gasteiger partial charge >= 0.3 is 0 Å². The van der Waals surface area contributed by atoms with Gasteiger partial charge in [-0.3, -0.25) is 4.79 Å². The summed E-state index contributed by atoms with van der Waals surface area (Å²) in [5.74, 6) is 0.769. The van der Waals surface area contributed by atoms with Crippen LogP contribution >= 0.6 is 0 Å². The molecule has 0 spiro atoms. The highest BCUT2D eigenvalue weighted by Gasteiger charge is 2.10.